The minimum Gasteiger partial charge on any atom is -0.507 e. The molecule has 0 aliphatic carbocycles. The van der Waals surface area contributed by atoms with Crippen molar-refractivity contribution >= 4 is 28.2 Å². The number of amides is 1. The van der Waals surface area contributed by atoms with E-state index in [0.717, 1.165) is 16.3 Å². The molecule has 0 aromatic heterocycles. The van der Waals surface area contributed by atoms with Crippen LogP contribution in [0.25, 0.3) is 16.5 Å². The largest absolute Gasteiger partial charge is 0.507 e. The minimum absolute atomic E-state index is 0.0731. The number of fused-ring (bicyclic) bond motifs is 1. The number of hydrogen-bond donors (Lipinski definition) is 1. The molecule has 1 atom stereocenters. The van der Waals surface area contributed by atoms with Crippen molar-refractivity contribution < 1.29 is 24.2 Å². The summed E-state index contributed by atoms with van der Waals surface area (Å²) in [5.74, 6) is -0.911. The second kappa shape index (κ2) is 11.3. The lowest BCUT2D eigenvalue weighted by atomic mass is 9.93. The van der Waals surface area contributed by atoms with Crippen LogP contribution < -0.4 is 4.74 Å². The number of benzene rings is 4. The molecule has 6 nitrogen and oxygen atoms in total. The van der Waals surface area contributed by atoms with Crippen molar-refractivity contribution in [2.75, 3.05) is 20.3 Å². The van der Waals surface area contributed by atoms with E-state index >= 15 is 0 Å². The molecular weight excluding hydrogens is 478 g/mol. The van der Waals surface area contributed by atoms with Crippen molar-refractivity contribution in [3.05, 3.63) is 119 Å². The number of aliphatic hydroxyl groups excluding tert-OH is 1. The maximum atomic E-state index is 13.4. The van der Waals surface area contributed by atoms with Crippen LogP contribution in [0.3, 0.4) is 0 Å². The fourth-order valence-corrected chi connectivity index (χ4v) is 4.93. The Labute approximate surface area is 221 Å². The Morgan fingerprint density at radius 1 is 0.895 bits per heavy atom. The van der Waals surface area contributed by atoms with Crippen LogP contribution in [-0.2, 0) is 20.9 Å². The molecule has 4 aromatic rings. The summed E-state index contributed by atoms with van der Waals surface area (Å²) in [5, 5.41) is 13.3. The van der Waals surface area contributed by atoms with Gasteiger partial charge in [0.15, 0.2) is 0 Å². The van der Waals surface area contributed by atoms with Crippen LogP contribution in [0, 0.1) is 0 Å². The van der Waals surface area contributed by atoms with Gasteiger partial charge < -0.3 is 19.5 Å². The summed E-state index contributed by atoms with van der Waals surface area (Å²) in [4.78, 5) is 28.2. The minimum atomic E-state index is -0.758. The number of Topliss-reactive ketones (excluding diaryl/α,β-unsaturated/α-hetero) is 1. The van der Waals surface area contributed by atoms with Crippen molar-refractivity contribution in [2.24, 2.45) is 0 Å². The van der Waals surface area contributed by atoms with Crippen LogP contribution in [0.15, 0.2) is 103 Å². The highest BCUT2D eigenvalue weighted by Crippen LogP contribution is 2.41. The van der Waals surface area contributed by atoms with E-state index in [0.29, 0.717) is 43.1 Å². The zero-order valence-electron chi connectivity index (χ0n) is 21.2. The summed E-state index contributed by atoms with van der Waals surface area (Å²) in [6.07, 6.45) is 0.554. The first-order valence-corrected chi connectivity index (χ1v) is 12.6. The van der Waals surface area contributed by atoms with Crippen molar-refractivity contribution in [1.82, 2.24) is 4.90 Å². The SMILES string of the molecule is COCCCN1C(=O)C(=O)/C(=C(\O)c2cccc3ccccc23)C1c1cccc(OCc2ccccc2)c1. The van der Waals surface area contributed by atoms with Gasteiger partial charge in [-0.2, -0.15) is 0 Å². The summed E-state index contributed by atoms with van der Waals surface area (Å²) < 4.78 is 11.2. The first kappa shape index (κ1) is 25.2. The third-order valence-electron chi connectivity index (χ3n) is 6.75. The molecule has 1 amide bonds. The van der Waals surface area contributed by atoms with E-state index in [1.54, 1.807) is 13.2 Å². The Hall–Kier alpha value is -4.42. The van der Waals surface area contributed by atoms with Gasteiger partial charge in [-0.1, -0.05) is 84.9 Å². The lowest BCUT2D eigenvalue weighted by Gasteiger charge is -2.25. The van der Waals surface area contributed by atoms with Crippen LogP contribution in [-0.4, -0.2) is 42.0 Å². The number of aliphatic hydroxyl groups is 1. The van der Waals surface area contributed by atoms with Crippen molar-refractivity contribution in [2.45, 2.75) is 19.1 Å². The normalized spacial score (nSPS) is 16.8. The Balaban J connectivity index is 1.58. The molecule has 1 N–H and O–H groups in total. The summed E-state index contributed by atoms with van der Waals surface area (Å²) in [6, 6.07) is 29.6. The highest BCUT2D eigenvalue weighted by molar-refractivity contribution is 6.46. The number of ether oxygens (including phenoxy) is 2. The van der Waals surface area contributed by atoms with Crippen molar-refractivity contribution in [3.8, 4) is 5.75 Å². The van der Waals surface area contributed by atoms with Gasteiger partial charge in [0.25, 0.3) is 11.7 Å². The van der Waals surface area contributed by atoms with Gasteiger partial charge in [-0.3, -0.25) is 9.59 Å². The predicted octanol–water partition coefficient (Wildman–Crippen LogP) is 5.88. The average Bonchev–Trinajstić information content (AvgIpc) is 3.21. The van der Waals surface area contributed by atoms with Gasteiger partial charge in [-0.05, 0) is 40.5 Å². The molecule has 4 aromatic carbocycles. The molecule has 38 heavy (non-hydrogen) atoms. The Kier molecular flexibility index (Phi) is 7.52. The monoisotopic (exact) mass is 507 g/mol. The van der Waals surface area contributed by atoms with Crippen LogP contribution in [0.1, 0.15) is 29.2 Å². The second-order valence-electron chi connectivity index (χ2n) is 9.21. The molecular formula is C32H29NO5. The Morgan fingerprint density at radius 2 is 1.63 bits per heavy atom. The molecule has 1 aliphatic rings. The molecule has 1 heterocycles. The second-order valence-corrected chi connectivity index (χ2v) is 9.21. The van der Waals surface area contributed by atoms with Crippen molar-refractivity contribution in [3.63, 3.8) is 0 Å². The van der Waals surface area contributed by atoms with E-state index < -0.39 is 17.7 Å². The van der Waals surface area contributed by atoms with E-state index in [4.69, 9.17) is 9.47 Å². The molecule has 1 unspecified atom stereocenters. The molecule has 0 spiro atoms. The third kappa shape index (κ3) is 5.04. The highest BCUT2D eigenvalue weighted by Gasteiger charge is 2.46. The van der Waals surface area contributed by atoms with Crippen LogP contribution in [0.2, 0.25) is 0 Å². The first-order chi connectivity index (χ1) is 18.6. The molecule has 5 rings (SSSR count). The van der Waals surface area contributed by atoms with Gasteiger partial charge >= 0.3 is 0 Å². The Bertz CT molecular complexity index is 1490. The van der Waals surface area contributed by atoms with Crippen LogP contribution in [0.4, 0.5) is 0 Å². The molecule has 192 valence electrons. The number of hydrogen-bond acceptors (Lipinski definition) is 5. The summed E-state index contributed by atoms with van der Waals surface area (Å²) in [7, 11) is 1.60. The summed E-state index contributed by atoms with van der Waals surface area (Å²) in [5.41, 5.74) is 2.30. The molecule has 0 radical (unpaired) electrons. The number of likely N-dealkylation sites (tertiary alicyclic amines) is 1. The van der Waals surface area contributed by atoms with Gasteiger partial charge in [0.05, 0.1) is 11.6 Å². The van der Waals surface area contributed by atoms with E-state index in [9.17, 15) is 14.7 Å². The maximum Gasteiger partial charge on any atom is 0.295 e. The zero-order valence-corrected chi connectivity index (χ0v) is 21.2. The van der Waals surface area contributed by atoms with Gasteiger partial charge in [-0.25, -0.2) is 0 Å². The summed E-state index contributed by atoms with van der Waals surface area (Å²) >= 11 is 0. The quantitative estimate of drug-likeness (QED) is 0.133. The van der Waals surface area contributed by atoms with Gasteiger partial charge in [-0.15, -0.1) is 0 Å². The molecule has 0 saturated carbocycles. The third-order valence-corrected chi connectivity index (χ3v) is 6.75. The Morgan fingerprint density at radius 3 is 2.45 bits per heavy atom. The van der Waals surface area contributed by atoms with Gasteiger partial charge in [0.2, 0.25) is 0 Å². The molecule has 1 saturated heterocycles. The van der Waals surface area contributed by atoms with Crippen LogP contribution >= 0.6 is 0 Å². The number of nitrogens with zero attached hydrogens (tertiary/aromatic N) is 1. The highest BCUT2D eigenvalue weighted by atomic mass is 16.5. The van der Waals surface area contributed by atoms with E-state index in [2.05, 4.69) is 0 Å². The van der Waals surface area contributed by atoms with E-state index in [1.807, 2.05) is 91.0 Å². The topological polar surface area (TPSA) is 76.1 Å². The standard InChI is InChI=1S/C32H29NO5/c1-37-19-9-18-33-29(24-14-7-15-25(20-24)38-21-22-10-3-2-4-11-22)28(31(35)32(33)36)30(34)27-17-8-13-23-12-5-6-16-26(23)27/h2-8,10-17,20,29,34H,9,18-19,21H2,1H3/b30-28-. The lowest BCUT2D eigenvalue weighted by Crippen LogP contribution is -2.31. The fraction of sp³-hybridized carbons (Fsp3) is 0.188. The fourth-order valence-electron chi connectivity index (χ4n) is 4.93. The molecule has 0 bridgehead atoms. The lowest BCUT2D eigenvalue weighted by molar-refractivity contribution is -0.140. The molecule has 1 aliphatic heterocycles. The van der Waals surface area contributed by atoms with Gasteiger partial charge in [0, 0.05) is 25.8 Å². The average molecular weight is 508 g/mol. The zero-order chi connectivity index (χ0) is 26.5. The van der Waals surface area contributed by atoms with E-state index in [-0.39, 0.29) is 11.3 Å². The molecule has 1 fully saturated rings. The number of carbonyl (C=O) groups is 2. The maximum absolute atomic E-state index is 13.4. The number of methoxy groups -OCH3 is 1. The number of ketones is 1. The van der Waals surface area contributed by atoms with Gasteiger partial charge in [0.1, 0.15) is 18.1 Å². The predicted molar refractivity (Wildman–Crippen MR) is 147 cm³/mol. The number of carbonyl (C=O) groups excluding carboxylic acids is 2. The van der Waals surface area contributed by atoms with E-state index in [1.165, 1.54) is 4.90 Å². The van der Waals surface area contributed by atoms with Crippen LogP contribution in [0.5, 0.6) is 5.75 Å². The smallest absolute Gasteiger partial charge is 0.295 e. The summed E-state index contributed by atoms with van der Waals surface area (Å²) in [6.45, 7) is 1.14. The van der Waals surface area contributed by atoms with Crippen molar-refractivity contribution in [1.29, 1.82) is 0 Å². The first-order valence-electron chi connectivity index (χ1n) is 12.6. The number of rotatable bonds is 9. The molecule has 6 heteroatoms.